The molecule has 1 atom stereocenters. The number of carbonyl (C=O) groups is 2. The van der Waals surface area contributed by atoms with Crippen molar-refractivity contribution < 1.29 is 9.59 Å². The molecule has 5 heteroatoms. The van der Waals surface area contributed by atoms with Crippen molar-refractivity contribution in [1.82, 2.24) is 10.3 Å². The van der Waals surface area contributed by atoms with E-state index >= 15 is 0 Å². The third kappa shape index (κ3) is 4.39. The highest BCUT2D eigenvalue weighted by atomic mass is 16.2. The van der Waals surface area contributed by atoms with Gasteiger partial charge in [0.2, 0.25) is 5.91 Å². The van der Waals surface area contributed by atoms with Crippen LogP contribution in [0, 0.1) is 12.8 Å². The highest BCUT2D eigenvalue weighted by Crippen LogP contribution is 2.11. The number of nitrogens with one attached hydrogen (secondary N) is 2. The standard InChI is InChI=1S/C18H21N3O2/c1-12(2)16(18(23)20-14-8-10-19-11-9-14)21-17(22)15-7-5-4-6-13(15)3/h4-12,16H,1-3H3,(H,21,22)(H,19,20,23)/t16-/m1/s1. The Kier molecular flexibility index (Phi) is 5.46. The number of pyridine rings is 1. The van der Waals surface area contributed by atoms with E-state index in [-0.39, 0.29) is 17.7 Å². The van der Waals surface area contributed by atoms with Gasteiger partial charge in [-0.25, -0.2) is 0 Å². The highest BCUT2D eigenvalue weighted by molar-refractivity contribution is 6.01. The number of hydrogen-bond donors (Lipinski definition) is 2. The lowest BCUT2D eigenvalue weighted by molar-refractivity contribution is -0.118. The summed E-state index contributed by atoms with van der Waals surface area (Å²) >= 11 is 0. The molecule has 23 heavy (non-hydrogen) atoms. The Balaban J connectivity index is 2.11. The number of rotatable bonds is 5. The first-order valence-electron chi connectivity index (χ1n) is 7.56. The minimum Gasteiger partial charge on any atom is -0.340 e. The predicted octanol–water partition coefficient (Wildman–Crippen LogP) is 2.78. The summed E-state index contributed by atoms with van der Waals surface area (Å²) in [4.78, 5) is 28.8. The fourth-order valence-corrected chi connectivity index (χ4v) is 2.24. The van der Waals surface area contributed by atoms with E-state index in [0.717, 1.165) is 5.56 Å². The van der Waals surface area contributed by atoms with Gasteiger partial charge in [0.25, 0.3) is 5.91 Å². The fraction of sp³-hybridized carbons (Fsp3) is 0.278. The minimum absolute atomic E-state index is 0.0372. The summed E-state index contributed by atoms with van der Waals surface area (Å²) in [6.07, 6.45) is 3.21. The predicted molar refractivity (Wildman–Crippen MR) is 90.1 cm³/mol. The Bertz CT molecular complexity index is 684. The second-order valence-corrected chi connectivity index (χ2v) is 5.74. The van der Waals surface area contributed by atoms with E-state index in [1.165, 1.54) is 0 Å². The molecule has 2 aromatic rings. The maximum absolute atomic E-state index is 12.5. The van der Waals surface area contributed by atoms with Crippen LogP contribution in [0.25, 0.3) is 0 Å². The van der Waals surface area contributed by atoms with E-state index in [0.29, 0.717) is 11.3 Å². The first-order chi connectivity index (χ1) is 11.0. The molecular weight excluding hydrogens is 290 g/mol. The summed E-state index contributed by atoms with van der Waals surface area (Å²) in [5, 5.41) is 5.63. The molecule has 0 saturated carbocycles. The summed E-state index contributed by atoms with van der Waals surface area (Å²) in [5.41, 5.74) is 2.11. The summed E-state index contributed by atoms with van der Waals surface area (Å²) in [6.45, 7) is 5.67. The van der Waals surface area contributed by atoms with Gasteiger partial charge in [-0.15, -0.1) is 0 Å². The van der Waals surface area contributed by atoms with Gasteiger partial charge >= 0.3 is 0 Å². The Morgan fingerprint density at radius 3 is 2.30 bits per heavy atom. The second kappa shape index (κ2) is 7.54. The van der Waals surface area contributed by atoms with Crippen LogP contribution in [0.4, 0.5) is 5.69 Å². The van der Waals surface area contributed by atoms with Gasteiger partial charge in [-0.3, -0.25) is 14.6 Å². The molecule has 2 rings (SSSR count). The molecule has 5 nitrogen and oxygen atoms in total. The van der Waals surface area contributed by atoms with Crippen molar-refractivity contribution >= 4 is 17.5 Å². The zero-order valence-corrected chi connectivity index (χ0v) is 13.5. The van der Waals surface area contributed by atoms with Gasteiger partial charge in [-0.05, 0) is 36.6 Å². The molecule has 0 aliphatic carbocycles. The van der Waals surface area contributed by atoms with Crippen LogP contribution in [0.2, 0.25) is 0 Å². The van der Waals surface area contributed by atoms with Crippen molar-refractivity contribution in [1.29, 1.82) is 0 Å². The van der Waals surface area contributed by atoms with Gasteiger partial charge in [-0.1, -0.05) is 32.0 Å². The number of aryl methyl sites for hydroxylation is 1. The maximum atomic E-state index is 12.5. The van der Waals surface area contributed by atoms with Gasteiger partial charge in [0, 0.05) is 23.6 Å². The van der Waals surface area contributed by atoms with E-state index in [1.54, 1.807) is 30.6 Å². The molecule has 0 radical (unpaired) electrons. The molecule has 0 unspecified atom stereocenters. The third-order valence-corrected chi connectivity index (χ3v) is 3.57. The number of aromatic nitrogens is 1. The van der Waals surface area contributed by atoms with Crippen LogP contribution < -0.4 is 10.6 Å². The zero-order chi connectivity index (χ0) is 16.8. The minimum atomic E-state index is -0.615. The van der Waals surface area contributed by atoms with E-state index in [4.69, 9.17) is 0 Å². The van der Waals surface area contributed by atoms with Gasteiger partial charge in [-0.2, -0.15) is 0 Å². The van der Waals surface area contributed by atoms with Crippen LogP contribution >= 0.6 is 0 Å². The van der Waals surface area contributed by atoms with Gasteiger partial charge in [0.1, 0.15) is 6.04 Å². The molecule has 0 fully saturated rings. The Labute approximate surface area is 136 Å². The zero-order valence-electron chi connectivity index (χ0n) is 13.5. The van der Waals surface area contributed by atoms with E-state index in [2.05, 4.69) is 15.6 Å². The summed E-state index contributed by atoms with van der Waals surface area (Å²) in [7, 11) is 0. The van der Waals surface area contributed by atoms with Crippen LogP contribution in [-0.4, -0.2) is 22.8 Å². The van der Waals surface area contributed by atoms with E-state index < -0.39 is 6.04 Å². The molecule has 1 aromatic carbocycles. The number of anilines is 1. The topological polar surface area (TPSA) is 71.1 Å². The summed E-state index contributed by atoms with van der Waals surface area (Å²) in [5.74, 6) is -0.524. The molecule has 0 spiro atoms. The van der Waals surface area contributed by atoms with Crippen LogP contribution in [0.1, 0.15) is 29.8 Å². The van der Waals surface area contributed by atoms with Crippen molar-refractivity contribution in [2.75, 3.05) is 5.32 Å². The largest absolute Gasteiger partial charge is 0.340 e. The first kappa shape index (κ1) is 16.7. The normalized spacial score (nSPS) is 11.8. The molecule has 0 bridgehead atoms. The van der Waals surface area contributed by atoms with Crippen LogP contribution in [0.15, 0.2) is 48.8 Å². The first-order valence-corrected chi connectivity index (χ1v) is 7.56. The van der Waals surface area contributed by atoms with Gasteiger partial charge in [0.15, 0.2) is 0 Å². The molecular formula is C18H21N3O2. The number of amides is 2. The van der Waals surface area contributed by atoms with Crippen LogP contribution in [0.5, 0.6) is 0 Å². The van der Waals surface area contributed by atoms with Crippen LogP contribution in [0.3, 0.4) is 0 Å². The van der Waals surface area contributed by atoms with Crippen molar-refractivity contribution in [2.24, 2.45) is 5.92 Å². The lowest BCUT2D eigenvalue weighted by Gasteiger charge is -2.22. The van der Waals surface area contributed by atoms with E-state index in [9.17, 15) is 9.59 Å². The average Bonchev–Trinajstić information content (AvgIpc) is 2.53. The van der Waals surface area contributed by atoms with Gasteiger partial charge < -0.3 is 10.6 Å². The van der Waals surface area contributed by atoms with Crippen molar-refractivity contribution in [3.63, 3.8) is 0 Å². The fourth-order valence-electron chi connectivity index (χ4n) is 2.24. The molecule has 0 saturated heterocycles. The number of nitrogens with zero attached hydrogens (tertiary/aromatic N) is 1. The average molecular weight is 311 g/mol. The molecule has 2 amide bonds. The highest BCUT2D eigenvalue weighted by Gasteiger charge is 2.25. The summed E-state index contributed by atoms with van der Waals surface area (Å²) in [6, 6.07) is 10.1. The summed E-state index contributed by atoms with van der Waals surface area (Å²) < 4.78 is 0. The van der Waals surface area contributed by atoms with Gasteiger partial charge in [0.05, 0.1) is 0 Å². The lowest BCUT2D eigenvalue weighted by Crippen LogP contribution is -2.47. The third-order valence-electron chi connectivity index (χ3n) is 3.57. The smallest absolute Gasteiger partial charge is 0.252 e. The van der Waals surface area contributed by atoms with Crippen molar-refractivity contribution in [3.05, 3.63) is 59.9 Å². The molecule has 0 aliphatic rings. The molecule has 2 N–H and O–H groups in total. The lowest BCUT2D eigenvalue weighted by atomic mass is 10.0. The number of benzene rings is 1. The quantitative estimate of drug-likeness (QED) is 0.892. The molecule has 0 aliphatic heterocycles. The Morgan fingerprint density at radius 1 is 1.04 bits per heavy atom. The Morgan fingerprint density at radius 2 is 1.70 bits per heavy atom. The molecule has 1 heterocycles. The van der Waals surface area contributed by atoms with Crippen molar-refractivity contribution in [2.45, 2.75) is 26.8 Å². The molecule has 1 aromatic heterocycles. The van der Waals surface area contributed by atoms with Crippen molar-refractivity contribution in [3.8, 4) is 0 Å². The SMILES string of the molecule is Cc1ccccc1C(=O)N[C@@H](C(=O)Nc1ccncc1)C(C)C. The molecule has 120 valence electrons. The number of carbonyl (C=O) groups excluding carboxylic acids is 2. The number of hydrogen-bond acceptors (Lipinski definition) is 3. The van der Waals surface area contributed by atoms with E-state index in [1.807, 2.05) is 39.0 Å². The Hall–Kier alpha value is -2.69. The van der Waals surface area contributed by atoms with Crippen LogP contribution in [-0.2, 0) is 4.79 Å². The maximum Gasteiger partial charge on any atom is 0.252 e. The second-order valence-electron chi connectivity index (χ2n) is 5.74. The monoisotopic (exact) mass is 311 g/mol.